The zero-order chi connectivity index (χ0) is 15.5. The van der Waals surface area contributed by atoms with Crippen molar-refractivity contribution in [3.63, 3.8) is 0 Å². The van der Waals surface area contributed by atoms with Crippen LogP contribution in [0.1, 0.15) is 31.0 Å². The molecule has 0 amide bonds. The SMILES string of the molecule is CC/C=C1/CCN(Cc2noc(-c3ccc(Cl)cc3)c2C)C1. The minimum atomic E-state index is 0.730. The average molecular weight is 317 g/mol. The van der Waals surface area contributed by atoms with Crippen molar-refractivity contribution in [1.29, 1.82) is 0 Å². The third-order valence-corrected chi connectivity index (χ3v) is 4.42. The van der Waals surface area contributed by atoms with Crippen LogP contribution in [0.25, 0.3) is 11.3 Å². The quantitative estimate of drug-likeness (QED) is 0.755. The molecule has 4 heteroatoms. The molecular weight excluding hydrogens is 296 g/mol. The van der Waals surface area contributed by atoms with Crippen LogP contribution < -0.4 is 0 Å². The van der Waals surface area contributed by atoms with Crippen LogP contribution in [-0.2, 0) is 6.54 Å². The fourth-order valence-electron chi connectivity index (χ4n) is 2.94. The van der Waals surface area contributed by atoms with Crippen molar-refractivity contribution >= 4 is 11.6 Å². The van der Waals surface area contributed by atoms with Crippen molar-refractivity contribution in [2.45, 2.75) is 33.2 Å². The van der Waals surface area contributed by atoms with Gasteiger partial charge in [0.25, 0.3) is 0 Å². The summed E-state index contributed by atoms with van der Waals surface area (Å²) in [6.45, 7) is 7.28. The van der Waals surface area contributed by atoms with Gasteiger partial charge in [0.15, 0.2) is 5.76 Å². The molecule has 1 aromatic heterocycles. The molecule has 0 saturated carbocycles. The van der Waals surface area contributed by atoms with Crippen molar-refractivity contribution in [3.8, 4) is 11.3 Å². The van der Waals surface area contributed by atoms with E-state index >= 15 is 0 Å². The summed E-state index contributed by atoms with van der Waals surface area (Å²) < 4.78 is 5.57. The second-order valence-electron chi connectivity index (χ2n) is 5.82. The molecule has 0 unspecified atom stereocenters. The van der Waals surface area contributed by atoms with Crippen LogP contribution >= 0.6 is 11.6 Å². The molecule has 0 aliphatic carbocycles. The number of rotatable bonds is 4. The summed E-state index contributed by atoms with van der Waals surface area (Å²) >= 11 is 5.94. The Balaban J connectivity index is 1.74. The van der Waals surface area contributed by atoms with Crippen molar-refractivity contribution in [3.05, 3.63) is 52.2 Å². The van der Waals surface area contributed by atoms with Crippen molar-refractivity contribution < 1.29 is 4.52 Å². The first kappa shape index (κ1) is 15.3. The predicted molar refractivity (Wildman–Crippen MR) is 90.0 cm³/mol. The molecule has 3 nitrogen and oxygen atoms in total. The number of hydrogen-bond acceptors (Lipinski definition) is 3. The average Bonchev–Trinajstić information content (AvgIpc) is 3.09. The van der Waals surface area contributed by atoms with Gasteiger partial charge >= 0.3 is 0 Å². The van der Waals surface area contributed by atoms with E-state index in [0.29, 0.717) is 0 Å². The molecule has 1 aliphatic rings. The number of likely N-dealkylation sites (tertiary alicyclic amines) is 1. The Morgan fingerprint density at radius 2 is 2.09 bits per heavy atom. The van der Waals surface area contributed by atoms with Crippen LogP contribution in [-0.4, -0.2) is 23.1 Å². The molecule has 0 radical (unpaired) electrons. The highest BCUT2D eigenvalue weighted by Gasteiger charge is 2.20. The lowest BCUT2D eigenvalue weighted by Gasteiger charge is -2.12. The number of hydrogen-bond donors (Lipinski definition) is 0. The summed E-state index contributed by atoms with van der Waals surface area (Å²) in [6.07, 6.45) is 4.64. The number of halogens is 1. The van der Waals surface area contributed by atoms with Crippen LogP contribution in [0.4, 0.5) is 0 Å². The largest absolute Gasteiger partial charge is 0.356 e. The molecule has 0 N–H and O–H groups in total. The van der Waals surface area contributed by atoms with Gasteiger partial charge in [-0.15, -0.1) is 0 Å². The Morgan fingerprint density at radius 3 is 2.82 bits per heavy atom. The van der Waals surface area contributed by atoms with Gasteiger partial charge in [-0.25, -0.2) is 0 Å². The molecule has 1 aliphatic heterocycles. The highest BCUT2D eigenvalue weighted by Crippen LogP contribution is 2.28. The second-order valence-corrected chi connectivity index (χ2v) is 6.26. The Morgan fingerprint density at radius 1 is 1.32 bits per heavy atom. The van der Waals surface area contributed by atoms with Gasteiger partial charge in [0.1, 0.15) is 5.69 Å². The number of nitrogens with zero attached hydrogens (tertiary/aromatic N) is 2. The van der Waals surface area contributed by atoms with E-state index in [-0.39, 0.29) is 0 Å². The van der Waals surface area contributed by atoms with Gasteiger partial charge in [-0.3, -0.25) is 4.90 Å². The van der Waals surface area contributed by atoms with Crippen molar-refractivity contribution in [2.24, 2.45) is 0 Å². The van der Waals surface area contributed by atoms with Crippen LogP contribution in [0.5, 0.6) is 0 Å². The molecule has 2 heterocycles. The topological polar surface area (TPSA) is 29.3 Å². The van der Waals surface area contributed by atoms with Crippen LogP contribution in [0.3, 0.4) is 0 Å². The molecule has 0 bridgehead atoms. The van der Waals surface area contributed by atoms with Crippen LogP contribution in [0.15, 0.2) is 40.4 Å². The highest BCUT2D eigenvalue weighted by atomic mass is 35.5. The van der Waals surface area contributed by atoms with E-state index in [1.165, 1.54) is 6.42 Å². The lowest BCUT2D eigenvalue weighted by molar-refractivity contribution is 0.319. The van der Waals surface area contributed by atoms with Crippen molar-refractivity contribution in [1.82, 2.24) is 10.1 Å². The maximum atomic E-state index is 5.94. The molecule has 0 spiro atoms. The van der Waals surface area contributed by atoms with Gasteiger partial charge < -0.3 is 4.52 Å². The maximum absolute atomic E-state index is 5.94. The van der Waals surface area contributed by atoms with E-state index in [2.05, 4.69) is 30.0 Å². The smallest absolute Gasteiger partial charge is 0.170 e. The van der Waals surface area contributed by atoms with E-state index in [1.54, 1.807) is 5.57 Å². The van der Waals surface area contributed by atoms with Gasteiger partial charge in [-0.1, -0.05) is 35.3 Å². The summed E-state index contributed by atoms with van der Waals surface area (Å²) in [4.78, 5) is 2.43. The highest BCUT2D eigenvalue weighted by molar-refractivity contribution is 6.30. The minimum absolute atomic E-state index is 0.730. The first-order valence-electron chi connectivity index (χ1n) is 7.78. The zero-order valence-electron chi connectivity index (χ0n) is 13.1. The summed E-state index contributed by atoms with van der Waals surface area (Å²) in [5.41, 5.74) is 4.72. The van der Waals surface area contributed by atoms with E-state index in [1.807, 2.05) is 24.3 Å². The third kappa shape index (κ3) is 3.26. The molecule has 22 heavy (non-hydrogen) atoms. The maximum Gasteiger partial charge on any atom is 0.170 e. The summed E-state index contributed by atoms with van der Waals surface area (Å²) in [5.74, 6) is 0.843. The Hall–Kier alpha value is -1.58. The fraction of sp³-hybridized carbons (Fsp3) is 0.389. The zero-order valence-corrected chi connectivity index (χ0v) is 13.9. The van der Waals surface area contributed by atoms with Crippen LogP contribution in [0.2, 0.25) is 5.02 Å². The van der Waals surface area contributed by atoms with E-state index in [9.17, 15) is 0 Å². The van der Waals surface area contributed by atoms with Gasteiger partial charge in [0, 0.05) is 35.8 Å². The summed E-state index contributed by atoms with van der Waals surface area (Å²) in [5, 5.41) is 5.01. The second kappa shape index (κ2) is 6.67. The van der Waals surface area contributed by atoms with E-state index < -0.39 is 0 Å². The van der Waals surface area contributed by atoms with Crippen LogP contribution in [0, 0.1) is 6.92 Å². The predicted octanol–water partition coefficient (Wildman–Crippen LogP) is 4.85. The minimum Gasteiger partial charge on any atom is -0.356 e. The first-order valence-corrected chi connectivity index (χ1v) is 8.16. The van der Waals surface area contributed by atoms with Gasteiger partial charge in [-0.05, 0) is 44.0 Å². The number of aromatic nitrogens is 1. The summed E-state index contributed by atoms with van der Waals surface area (Å²) in [7, 11) is 0. The lowest BCUT2D eigenvalue weighted by atomic mass is 10.1. The number of benzene rings is 1. The van der Waals surface area contributed by atoms with E-state index in [0.717, 1.165) is 53.7 Å². The van der Waals surface area contributed by atoms with E-state index in [4.69, 9.17) is 16.1 Å². The molecule has 1 aromatic carbocycles. The monoisotopic (exact) mass is 316 g/mol. The molecule has 116 valence electrons. The molecule has 1 saturated heterocycles. The third-order valence-electron chi connectivity index (χ3n) is 4.17. The Labute approximate surface area is 136 Å². The molecule has 3 rings (SSSR count). The Kier molecular flexibility index (Phi) is 4.65. The summed E-state index contributed by atoms with van der Waals surface area (Å²) in [6, 6.07) is 7.69. The first-order chi connectivity index (χ1) is 10.7. The van der Waals surface area contributed by atoms with Crippen molar-refractivity contribution in [2.75, 3.05) is 13.1 Å². The lowest BCUT2D eigenvalue weighted by Crippen LogP contribution is -2.19. The molecule has 1 fully saturated rings. The molecule has 2 aromatic rings. The Bertz CT molecular complexity index is 673. The molecular formula is C18H21ClN2O. The number of allylic oxidation sites excluding steroid dienone is 1. The normalized spacial score (nSPS) is 17.5. The molecule has 0 atom stereocenters. The standard InChI is InChI=1S/C18H21ClN2O/c1-3-4-14-9-10-21(11-14)12-17-13(2)18(22-20-17)15-5-7-16(19)8-6-15/h4-8H,3,9-12H2,1-2H3/b14-4-. The van der Waals surface area contributed by atoms with Gasteiger partial charge in [0.05, 0.1) is 0 Å². The van der Waals surface area contributed by atoms with Gasteiger partial charge in [0.2, 0.25) is 0 Å². The van der Waals surface area contributed by atoms with Gasteiger partial charge in [-0.2, -0.15) is 0 Å². The fourth-order valence-corrected chi connectivity index (χ4v) is 3.06.